The molecule has 8 nitrogen and oxygen atoms in total. The van der Waals surface area contributed by atoms with Gasteiger partial charge in [-0.25, -0.2) is 0 Å². The molecule has 3 rings (SSSR count). The number of nitrogens with zero attached hydrogens (tertiary/aromatic N) is 5. The highest BCUT2D eigenvalue weighted by molar-refractivity contribution is 7.99. The molecular formula is C18H17N5O3S. The van der Waals surface area contributed by atoms with Crippen molar-refractivity contribution in [1.82, 2.24) is 14.9 Å². The molecule has 0 aliphatic rings. The molecule has 3 aromatic rings. The summed E-state index contributed by atoms with van der Waals surface area (Å²) in [6, 6.07) is 13.8. The Morgan fingerprint density at radius 3 is 2.63 bits per heavy atom. The van der Waals surface area contributed by atoms with E-state index < -0.39 is 4.92 Å². The number of para-hydroxylation sites is 1. The van der Waals surface area contributed by atoms with Gasteiger partial charge >= 0.3 is 0 Å². The molecule has 0 spiro atoms. The van der Waals surface area contributed by atoms with Gasteiger partial charge in [0, 0.05) is 11.6 Å². The monoisotopic (exact) mass is 383 g/mol. The van der Waals surface area contributed by atoms with Crippen LogP contribution >= 0.6 is 11.8 Å². The molecule has 0 amide bonds. The van der Waals surface area contributed by atoms with Crippen molar-refractivity contribution < 1.29 is 9.66 Å². The third-order valence-corrected chi connectivity index (χ3v) is 4.48. The van der Waals surface area contributed by atoms with Gasteiger partial charge in [-0.2, -0.15) is 9.78 Å². The van der Waals surface area contributed by atoms with Gasteiger partial charge in [-0.1, -0.05) is 30.8 Å². The van der Waals surface area contributed by atoms with E-state index in [1.807, 2.05) is 31.2 Å². The van der Waals surface area contributed by atoms with Gasteiger partial charge in [-0.3, -0.25) is 10.1 Å². The number of aromatic nitrogens is 3. The summed E-state index contributed by atoms with van der Waals surface area (Å²) in [6.07, 6.45) is 1.45. The zero-order valence-electron chi connectivity index (χ0n) is 14.8. The largest absolute Gasteiger partial charge is 0.497 e. The Labute approximate surface area is 160 Å². The molecule has 0 atom stereocenters. The van der Waals surface area contributed by atoms with E-state index in [2.05, 4.69) is 15.3 Å². The van der Waals surface area contributed by atoms with Crippen LogP contribution in [-0.4, -0.2) is 38.9 Å². The first-order chi connectivity index (χ1) is 13.1. The van der Waals surface area contributed by atoms with Crippen LogP contribution < -0.4 is 4.74 Å². The van der Waals surface area contributed by atoms with E-state index >= 15 is 0 Å². The molecule has 1 aromatic heterocycles. The standard InChI is InChI=1S/C18H17N5O3S/c1-3-27-18-21-20-17(13-8-10-15(26-2)11-9-13)22(18)19-12-14-6-4-5-7-16(14)23(24)25/h4-12H,3H2,1-2H3. The summed E-state index contributed by atoms with van der Waals surface area (Å²) in [6.45, 7) is 2.00. The zero-order valence-corrected chi connectivity index (χ0v) is 15.6. The molecule has 0 saturated heterocycles. The van der Waals surface area contributed by atoms with E-state index in [4.69, 9.17) is 4.74 Å². The van der Waals surface area contributed by atoms with Gasteiger partial charge in [0.2, 0.25) is 5.16 Å². The molecule has 0 unspecified atom stereocenters. The Morgan fingerprint density at radius 2 is 1.96 bits per heavy atom. The summed E-state index contributed by atoms with van der Waals surface area (Å²) < 4.78 is 6.77. The van der Waals surface area contributed by atoms with Crippen LogP contribution in [0.4, 0.5) is 5.69 Å². The minimum Gasteiger partial charge on any atom is -0.497 e. The maximum Gasteiger partial charge on any atom is 0.278 e. The lowest BCUT2D eigenvalue weighted by molar-refractivity contribution is -0.385. The lowest BCUT2D eigenvalue weighted by atomic mass is 10.2. The SMILES string of the molecule is CCSc1nnc(-c2ccc(OC)cc2)n1N=Cc1ccccc1[N+](=O)[O-]. The maximum absolute atomic E-state index is 11.2. The number of methoxy groups -OCH3 is 1. The average Bonchev–Trinajstić information content (AvgIpc) is 3.09. The number of hydrogen-bond acceptors (Lipinski definition) is 7. The molecule has 138 valence electrons. The number of benzene rings is 2. The van der Waals surface area contributed by atoms with Crippen molar-refractivity contribution in [2.24, 2.45) is 5.10 Å². The van der Waals surface area contributed by atoms with Gasteiger partial charge in [-0.05, 0) is 36.1 Å². The van der Waals surface area contributed by atoms with Crippen LogP contribution in [0.2, 0.25) is 0 Å². The summed E-state index contributed by atoms with van der Waals surface area (Å²) >= 11 is 1.49. The number of rotatable bonds is 7. The van der Waals surface area contributed by atoms with E-state index in [1.54, 1.807) is 30.0 Å². The topological polar surface area (TPSA) is 95.4 Å². The number of thioether (sulfide) groups is 1. The van der Waals surface area contributed by atoms with Crippen LogP contribution in [0.15, 0.2) is 58.8 Å². The molecule has 1 heterocycles. The van der Waals surface area contributed by atoms with E-state index in [1.165, 1.54) is 24.0 Å². The molecule has 9 heteroatoms. The Bertz CT molecular complexity index is 969. The lowest BCUT2D eigenvalue weighted by Crippen LogP contribution is -1.99. The van der Waals surface area contributed by atoms with Crippen LogP contribution in [0, 0.1) is 10.1 Å². The molecule has 27 heavy (non-hydrogen) atoms. The van der Waals surface area contributed by atoms with Gasteiger partial charge in [0.25, 0.3) is 5.69 Å². The maximum atomic E-state index is 11.2. The van der Waals surface area contributed by atoms with Crippen molar-refractivity contribution in [2.45, 2.75) is 12.1 Å². The number of nitro groups is 1. The minimum absolute atomic E-state index is 0.00924. The molecule has 0 N–H and O–H groups in total. The fourth-order valence-corrected chi connectivity index (χ4v) is 3.00. The number of nitro benzene ring substituents is 1. The second-order valence-corrected chi connectivity index (χ2v) is 6.57. The van der Waals surface area contributed by atoms with Gasteiger partial charge < -0.3 is 4.74 Å². The normalized spacial score (nSPS) is 11.0. The average molecular weight is 383 g/mol. The molecule has 2 aromatic carbocycles. The van der Waals surface area contributed by atoms with E-state index in [0.29, 0.717) is 16.5 Å². The smallest absolute Gasteiger partial charge is 0.278 e. The number of ether oxygens (including phenoxy) is 1. The summed E-state index contributed by atoms with van der Waals surface area (Å²) in [5.41, 5.74) is 1.21. The van der Waals surface area contributed by atoms with Crippen molar-refractivity contribution in [3.63, 3.8) is 0 Å². The van der Waals surface area contributed by atoms with Crippen LogP contribution in [0.3, 0.4) is 0 Å². The molecular weight excluding hydrogens is 366 g/mol. The van der Waals surface area contributed by atoms with Crippen molar-refractivity contribution in [3.05, 3.63) is 64.2 Å². The molecule has 0 aliphatic carbocycles. The minimum atomic E-state index is -0.431. The van der Waals surface area contributed by atoms with Gasteiger partial charge in [-0.15, -0.1) is 10.2 Å². The Kier molecular flexibility index (Phi) is 5.82. The Hall–Kier alpha value is -3.20. The highest BCUT2D eigenvalue weighted by Crippen LogP contribution is 2.25. The Balaban J connectivity index is 2.03. The molecule has 0 bridgehead atoms. The predicted octanol–water partition coefficient (Wildman–Crippen LogP) is 3.86. The van der Waals surface area contributed by atoms with E-state index in [-0.39, 0.29) is 5.69 Å². The predicted molar refractivity (Wildman–Crippen MR) is 104 cm³/mol. The fraction of sp³-hybridized carbons (Fsp3) is 0.167. The zero-order chi connectivity index (χ0) is 19.2. The first-order valence-corrected chi connectivity index (χ1v) is 9.13. The first-order valence-electron chi connectivity index (χ1n) is 8.14. The van der Waals surface area contributed by atoms with Crippen molar-refractivity contribution in [2.75, 3.05) is 12.9 Å². The van der Waals surface area contributed by atoms with Crippen molar-refractivity contribution in [1.29, 1.82) is 0 Å². The van der Waals surface area contributed by atoms with Crippen LogP contribution in [0.25, 0.3) is 11.4 Å². The Morgan fingerprint density at radius 1 is 1.22 bits per heavy atom. The van der Waals surface area contributed by atoms with Crippen LogP contribution in [0.1, 0.15) is 12.5 Å². The van der Waals surface area contributed by atoms with Crippen LogP contribution in [-0.2, 0) is 0 Å². The van der Waals surface area contributed by atoms with Gasteiger partial charge in [0.1, 0.15) is 5.75 Å². The highest BCUT2D eigenvalue weighted by Gasteiger charge is 2.15. The van der Waals surface area contributed by atoms with E-state index in [0.717, 1.165) is 17.1 Å². The summed E-state index contributed by atoms with van der Waals surface area (Å²) in [5, 5.41) is 24.7. The fourth-order valence-electron chi connectivity index (χ4n) is 2.39. The summed E-state index contributed by atoms with van der Waals surface area (Å²) in [7, 11) is 1.60. The molecule has 0 radical (unpaired) electrons. The second kappa shape index (κ2) is 8.45. The summed E-state index contributed by atoms with van der Waals surface area (Å²) in [5.74, 6) is 2.07. The first kappa shape index (κ1) is 18.6. The third kappa shape index (κ3) is 4.14. The van der Waals surface area contributed by atoms with Crippen LogP contribution in [0.5, 0.6) is 5.75 Å². The number of hydrogen-bond donors (Lipinski definition) is 0. The van der Waals surface area contributed by atoms with Gasteiger partial charge in [0.05, 0.1) is 23.8 Å². The highest BCUT2D eigenvalue weighted by atomic mass is 32.2. The van der Waals surface area contributed by atoms with Gasteiger partial charge in [0.15, 0.2) is 5.82 Å². The third-order valence-electron chi connectivity index (χ3n) is 3.68. The molecule has 0 saturated carbocycles. The quantitative estimate of drug-likeness (QED) is 0.266. The molecule has 0 fully saturated rings. The lowest BCUT2D eigenvalue weighted by Gasteiger charge is -2.05. The van der Waals surface area contributed by atoms with E-state index in [9.17, 15) is 10.1 Å². The second-order valence-electron chi connectivity index (χ2n) is 5.34. The van der Waals surface area contributed by atoms with Crippen molar-refractivity contribution >= 4 is 23.7 Å². The summed E-state index contributed by atoms with van der Waals surface area (Å²) in [4.78, 5) is 10.8. The molecule has 0 aliphatic heterocycles. The van der Waals surface area contributed by atoms with Crippen molar-refractivity contribution in [3.8, 4) is 17.1 Å².